The summed E-state index contributed by atoms with van der Waals surface area (Å²) in [5.74, 6) is -0.961. The highest BCUT2D eigenvalue weighted by molar-refractivity contribution is 5.68. The van der Waals surface area contributed by atoms with Crippen LogP contribution in [-0.2, 0) is 9.59 Å². The first-order valence-corrected chi connectivity index (χ1v) is 4.47. The van der Waals surface area contributed by atoms with Crippen molar-refractivity contribution < 1.29 is 14.7 Å². The average molecular weight is 208 g/mol. The van der Waals surface area contributed by atoms with E-state index in [4.69, 9.17) is 5.11 Å². The van der Waals surface area contributed by atoms with E-state index in [0.717, 1.165) is 11.1 Å². The van der Waals surface area contributed by atoms with Crippen LogP contribution < -0.4 is 5.32 Å². The molecule has 0 aliphatic carbocycles. The minimum atomic E-state index is -0.961. The molecule has 5 heteroatoms. The first-order chi connectivity index (χ1) is 7.15. The van der Waals surface area contributed by atoms with Crippen LogP contribution >= 0.6 is 0 Å². The van der Waals surface area contributed by atoms with Crippen LogP contribution in [0.15, 0.2) is 18.5 Å². The third-order valence-electron chi connectivity index (χ3n) is 2.10. The fraction of sp³-hybridized carbons (Fsp3) is 0.300. The van der Waals surface area contributed by atoms with Crippen LogP contribution in [0.3, 0.4) is 0 Å². The Morgan fingerprint density at radius 1 is 1.73 bits per heavy atom. The number of carboxylic acids is 1. The predicted octanol–water partition coefficient (Wildman–Crippen LogP) is 0.652. The van der Waals surface area contributed by atoms with Gasteiger partial charge in [-0.1, -0.05) is 0 Å². The maximum absolute atomic E-state index is 10.6. The maximum Gasteiger partial charge on any atom is 0.305 e. The summed E-state index contributed by atoms with van der Waals surface area (Å²) in [5.41, 5.74) is 1.64. The molecule has 0 spiro atoms. The topological polar surface area (TPSA) is 79.3 Å². The molecule has 0 fully saturated rings. The van der Waals surface area contributed by atoms with Crippen molar-refractivity contribution in [1.29, 1.82) is 0 Å². The van der Waals surface area contributed by atoms with Gasteiger partial charge in [0.1, 0.15) is 0 Å². The first-order valence-electron chi connectivity index (χ1n) is 4.47. The van der Waals surface area contributed by atoms with Crippen molar-refractivity contribution in [3.8, 4) is 0 Å². The molecule has 2 N–H and O–H groups in total. The SMILES string of the molecule is Cc1ccncc1[C@H](CC(=O)O)NC=O. The van der Waals surface area contributed by atoms with Crippen LogP contribution in [0.25, 0.3) is 0 Å². The molecule has 1 aromatic rings. The van der Waals surface area contributed by atoms with Crippen molar-refractivity contribution >= 4 is 12.4 Å². The molecule has 0 unspecified atom stereocenters. The summed E-state index contributed by atoms with van der Waals surface area (Å²) in [6.07, 6.45) is 3.54. The Morgan fingerprint density at radius 3 is 3.00 bits per heavy atom. The number of nitrogens with one attached hydrogen (secondary N) is 1. The Kier molecular flexibility index (Phi) is 3.79. The second-order valence-electron chi connectivity index (χ2n) is 3.17. The number of aromatic nitrogens is 1. The molecular formula is C10H12N2O3. The molecule has 80 valence electrons. The molecule has 0 aliphatic rings. The third-order valence-corrected chi connectivity index (χ3v) is 2.10. The van der Waals surface area contributed by atoms with Gasteiger partial charge in [0.2, 0.25) is 6.41 Å². The van der Waals surface area contributed by atoms with Crippen molar-refractivity contribution in [3.05, 3.63) is 29.6 Å². The zero-order valence-corrected chi connectivity index (χ0v) is 8.30. The predicted molar refractivity (Wildman–Crippen MR) is 53.2 cm³/mol. The minimum absolute atomic E-state index is 0.148. The Hall–Kier alpha value is -1.91. The second-order valence-corrected chi connectivity index (χ2v) is 3.17. The molecule has 1 atom stereocenters. The summed E-state index contributed by atoms with van der Waals surface area (Å²) in [5, 5.41) is 11.2. The lowest BCUT2D eigenvalue weighted by Crippen LogP contribution is -2.23. The van der Waals surface area contributed by atoms with E-state index in [0.29, 0.717) is 6.41 Å². The molecule has 0 aliphatic heterocycles. The zero-order chi connectivity index (χ0) is 11.3. The number of hydrogen-bond acceptors (Lipinski definition) is 3. The van der Waals surface area contributed by atoms with Gasteiger partial charge in [-0.15, -0.1) is 0 Å². The van der Waals surface area contributed by atoms with E-state index in [-0.39, 0.29) is 6.42 Å². The number of rotatable bonds is 5. The van der Waals surface area contributed by atoms with Gasteiger partial charge < -0.3 is 10.4 Å². The number of aliphatic carboxylic acids is 1. The fourth-order valence-electron chi connectivity index (χ4n) is 1.36. The van der Waals surface area contributed by atoms with Crippen LogP contribution in [0.1, 0.15) is 23.6 Å². The number of carbonyl (C=O) groups is 2. The molecule has 1 amide bonds. The second kappa shape index (κ2) is 5.09. The van der Waals surface area contributed by atoms with E-state index in [9.17, 15) is 9.59 Å². The van der Waals surface area contributed by atoms with Gasteiger partial charge in [-0.3, -0.25) is 14.6 Å². The van der Waals surface area contributed by atoms with Gasteiger partial charge >= 0.3 is 5.97 Å². The van der Waals surface area contributed by atoms with E-state index < -0.39 is 12.0 Å². The lowest BCUT2D eigenvalue weighted by molar-refractivity contribution is -0.137. The summed E-state index contributed by atoms with van der Waals surface area (Å²) >= 11 is 0. The van der Waals surface area contributed by atoms with Gasteiger partial charge in [0.05, 0.1) is 12.5 Å². The third kappa shape index (κ3) is 3.05. The first kappa shape index (κ1) is 11.2. The summed E-state index contributed by atoms with van der Waals surface area (Å²) in [4.78, 5) is 24.9. The van der Waals surface area contributed by atoms with Gasteiger partial charge in [-0.2, -0.15) is 0 Å². The summed E-state index contributed by atoms with van der Waals surface area (Å²) in [7, 11) is 0. The molecular weight excluding hydrogens is 196 g/mol. The van der Waals surface area contributed by atoms with Gasteiger partial charge in [0, 0.05) is 12.4 Å². The average Bonchev–Trinajstić information content (AvgIpc) is 2.17. The largest absolute Gasteiger partial charge is 0.481 e. The van der Waals surface area contributed by atoms with Gasteiger partial charge in [0.25, 0.3) is 0 Å². The lowest BCUT2D eigenvalue weighted by atomic mass is 10.0. The van der Waals surface area contributed by atoms with Crippen molar-refractivity contribution in [2.75, 3.05) is 0 Å². The van der Waals surface area contributed by atoms with Crippen LogP contribution in [0, 0.1) is 6.92 Å². The molecule has 1 rings (SSSR count). The molecule has 15 heavy (non-hydrogen) atoms. The fourth-order valence-corrected chi connectivity index (χ4v) is 1.36. The van der Waals surface area contributed by atoms with Crippen molar-refractivity contribution in [3.63, 3.8) is 0 Å². The Morgan fingerprint density at radius 2 is 2.47 bits per heavy atom. The molecule has 1 aromatic heterocycles. The van der Waals surface area contributed by atoms with Crippen LogP contribution in [-0.4, -0.2) is 22.5 Å². The van der Waals surface area contributed by atoms with E-state index in [2.05, 4.69) is 10.3 Å². The highest BCUT2D eigenvalue weighted by Crippen LogP contribution is 2.18. The molecule has 0 aromatic carbocycles. The highest BCUT2D eigenvalue weighted by atomic mass is 16.4. The zero-order valence-electron chi connectivity index (χ0n) is 8.30. The summed E-state index contributed by atoms with van der Waals surface area (Å²) in [6.45, 7) is 1.85. The van der Waals surface area contributed by atoms with Gasteiger partial charge in [-0.05, 0) is 24.1 Å². The van der Waals surface area contributed by atoms with E-state index in [1.807, 2.05) is 6.92 Å². The van der Waals surface area contributed by atoms with E-state index in [1.165, 1.54) is 0 Å². The smallest absolute Gasteiger partial charge is 0.305 e. The van der Waals surface area contributed by atoms with Crippen LogP contribution in [0.5, 0.6) is 0 Å². The number of hydrogen-bond donors (Lipinski definition) is 2. The quantitative estimate of drug-likeness (QED) is 0.696. The van der Waals surface area contributed by atoms with E-state index in [1.54, 1.807) is 18.5 Å². The molecule has 0 saturated carbocycles. The molecule has 0 radical (unpaired) electrons. The molecule has 0 saturated heterocycles. The van der Waals surface area contributed by atoms with Crippen LogP contribution in [0.2, 0.25) is 0 Å². The Balaban J connectivity index is 2.92. The number of carboxylic acid groups (broad SMARTS) is 1. The number of aryl methyl sites for hydroxylation is 1. The van der Waals surface area contributed by atoms with Crippen molar-refractivity contribution in [1.82, 2.24) is 10.3 Å². The number of amides is 1. The van der Waals surface area contributed by atoms with Crippen molar-refractivity contribution in [2.24, 2.45) is 0 Å². The number of nitrogens with zero attached hydrogens (tertiary/aromatic N) is 1. The van der Waals surface area contributed by atoms with Crippen LogP contribution in [0.4, 0.5) is 0 Å². The van der Waals surface area contributed by atoms with Gasteiger partial charge in [-0.25, -0.2) is 0 Å². The van der Waals surface area contributed by atoms with Crippen molar-refractivity contribution in [2.45, 2.75) is 19.4 Å². The summed E-state index contributed by atoms with van der Waals surface area (Å²) in [6, 6.07) is 1.25. The Labute approximate surface area is 87.1 Å². The molecule has 1 heterocycles. The maximum atomic E-state index is 10.6. The minimum Gasteiger partial charge on any atom is -0.481 e. The highest BCUT2D eigenvalue weighted by Gasteiger charge is 2.16. The molecule has 0 bridgehead atoms. The Bertz CT molecular complexity index is 365. The molecule has 5 nitrogen and oxygen atoms in total. The van der Waals surface area contributed by atoms with E-state index >= 15 is 0 Å². The lowest BCUT2D eigenvalue weighted by Gasteiger charge is -2.15. The van der Waals surface area contributed by atoms with Gasteiger partial charge in [0.15, 0.2) is 0 Å². The number of carbonyl (C=O) groups excluding carboxylic acids is 1. The number of pyridine rings is 1. The normalized spacial score (nSPS) is 11.8. The monoisotopic (exact) mass is 208 g/mol. The standard InChI is InChI=1S/C10H12N2O3/c1-7-2-3-11-5-8(7)9(12-6-13)4-10(14)15/h2-3,5-6,9H,4H2,1H3,(H,12,13)(H,14,15)/t9-/m0/s1. The summed E-state index contributed by atoms with van der Waals surface area (Å²) < 4.78 is 0.